The lowest BCUT2D eigenvalue weighted by atomic mass is 9.98. The Morgan fingerprint density at radius 3 is 2.29 bits per heavy atom. The van der Waals surface area contributed by atoms with Crippen LogP contribution in [0, 0.1) is 5.41 Å². The van der Waals surface area contributed by atoms with E-state index < -0.39 is 0 Å². The number of rotatable bonds is 2. The molecule has 1 rings (SSSR count). The summed E-state index contributed by atoms with van der Waals surface area (Å²) in [7, 11) is 0. The van der Waals surface area contributed by atoms with Gasteiger partial charge in [0, 0.05) is 4.90 Å². The molecule has 0 saturated heterocycles. The van der Waals surface area contributed by atoms with E-state index in [0.29, 0.717) is 0 Å². The minimum atomic E-state index is -0.135. The highest BCUT2D eigenvalue weighted by Gasteiger charge is 2.09. The normalized spacial score (nSPS) is 13.0. The number of halogens is 1. The quantitative estimate of drug-likeness (QED) is 0.641. The molecular weight excluding hydrogens is 195 g/mol. The molecule has 14 heavy (non-hydrogen) atoms. The van der Waals surface area contributed by atoms with Gasteiger partial charge in [-0.15, -0.1) is 0 Å². The summed E-state index contributed by atoms with van der Waals surface area (Å²) in [6.45, 7) is 5.95. The number of thioether (sulfide) groups is 1. The van der Waals surface area contributed by atoms with Crippen molar-refractivity contribution in [2.75, 3.05) is 0 Å². The summed E-state index contributed by atoms with van der Waals surface area (Å²) >= 11 is 1.16. The Hall–Kier alpha value is -0.760. The Kier molecular flexibility index (Phi) is 3.76. The predicted molar refractivity (Wildman–Crippen MR) is 60.9 cm³/mol. The van der Waals surface area contributed by atoms with Crippen LogP contribution in [0.5, 0.6) is 0 Å². The second-order valence-electron chi connectivity index (χ2n) is 4.23. The zero-order chi connectivity index (χ0) is 10.6. The maximum atomic E-state index is 13.4. The van der Waals surface area contributed by atoms with Crippen LogP contribution in [0.15, 0.2) is 46.5 Å². The predicted octanol–water partition coefficient (Wildman–Crippen LogP) is 4.64. The molecule has 0 amide bonds. The average molecular weight is 210 g/mol. The van der Waals surface area contributed by atoms with Crippen LogP contribution in [0.2, 0.25) is 0 Å². The lowest BCUT2D eigenvalue weighted by Gasteiger charge is -2.11. The van der Waals surface area contributed by atoms with Crippen molar-refractivity contribution in [1.29, 1.82) is 0 Å². The van der Waals surface area contributed by atoms with Crippen molar-refractivity contribution in [3.63, 3.8) is 0 Å². The minimum absolute atomic E-state index is 0.105. The molecule has 1 aromatic rings. The van der Waals surface area contributed by atoms with E-state index in [1.54, 1.807) is 6.08 Å². The average Bonchev–Trinajstić information content (AvgIpc) is 2.02. The first-order chi connectivity index (χ1) is 6.47. The van der Waals surface area contributed by atoms with Gasteiger partial charge in [-0.2, -0.15) is 4.39 Å². The molecule has 0 aliphatic heterocycles. The third-order valence-corrected chi connectivity index (χ3v) is 2.33. The highest BCUT2D eigenvalue weighted by molar-refractivity contribution is 8.02. The first kappa shape index (κ1) is 11.3. The highest BCUT2D eigenvalue weighted by Crippen LogP contribution is 2.30. The van der Waals surface area contributed by atoms with Crippen molar-refractivity contribution in [1.82, 2.24) is 0 Å². The van der Waals surface area contributed by atoms with E-state index in [9.17, 15) is 4.39 Å². The molecule has 0 spiro atoms. The standard InChI is InChI=1S/C12H15FS/c1-12(2,3)9-11(13)14-10-7-5-4-6-8-10/h4-9H,1-3H3/b11-9-. The molecule has 1 aromatic carbocycles. The van der Waals surface area contributed by atoms with Gasteiger partial charge < -0.3 is 0 Å². The van der Waals surface area contributed by atoms with E-state index in [-0.39, 0.29) is 10.6 Å². The van der Waals surface area contributed by atoms with Crippen molar-refractivity contribution in [3.8, 4) is 0 Å². The van der Waals surface area contributed by atoms with Crippen molar-refractivity contribution in [2.45, 2.75) is 25.7 Å². The number of benzene rings is 1. The van der Waals surface area contributed by atoms with E-state index in [1.807, 2.05) is 51.1 Å². The largest absolute Gasteiger partial charge is 0.199 e. The minimum Gasteiger partial charge on any atom is -0.199 e. The smallest absolute Gasteiger partial charge is 0.157 e. The summed E-state index contributed by atoms with van der Waals surface area (Å²) in [5, 5.41) is -0.135. The first-order valence-electron chi connectivity index (χ1n) is 4.59. The van der Waals surface area contributed by atoms with Gasteiger partial charge in [-0.25, -0.2) is 0 Å². The molecule has 0 heterocycles. The van der Waals surface area contributed by atoms with Gasteiger partial charge in [0.1, 0.15) is 0 Å². The Balaban J connectivity index is 2.67. The van der Waals surface area contributed by atoms with E-state index >= 15 is 0 Å². The molecule has 0 fully saturated rings. The van der Waals surface area contributed by atoms with Gasteiger partial charge in [0.2, 0.25) is 0 Å². The van der Waals surface area contributed by atoms with Crippen LogP contribution in [0.4, 0.5) is 4.39 Å². The molecule has 2 heteroatoms. The van der Waals surface area contributed by atoms with Gasteiger partial charge in [-0.05, 0) is 23.6 Å². The Bertz CT molecular complexity index is 309. The maximum Gasteiger partial charge on any atom is 0.157 e. The molecule has 0 aromatic heterocycles. The Morgan fingerprint density at radius 2 is 1.79 bits per heavy atom. The molecule has 0 radical (unpaired) electrons. The van der Waals surface area contributed by atoms with Crippen molar-refractivity contribution in [2.24, 2.45) is 5.41 Å². The lowest BCUT2D eigenvalue weighted by molar-refractivity contribution is 0.525. The van der Waals surface area contributed by atoms with Gasteiger partial charge in [-0.3, -0.25) is 0 Å². The second-order valence-corrected chi connectivity index (χ2v) is 5.30. The van der Waals surface area contributed by atoms with Crippen molar-refractivity contribution < 1.29 is 4.39 Å². The van der Waals surface area contributed by atoms with Crippen LogP contribution in [0.1, 0.15) is 20.8 Å². The monoisotopic (exact) mass is 210 g/mol. The van der Waals surface area contributed by atoms with Crippen LogP contribution in [0.25, 0.3) is 0 Å². The van der Waals surface area contributed by atoms with Crippen LogP contribution in [-0.2, 0) is 0 Å². The zero-order valence-electron chi connectivity index (χ0n) is 8.75. The van der Waals surface area contributed by atoms with E-state index in [2.05, 4.69) is 0 Å². The molecule has 0 saturated carbocycles. The maximum absolute atomic E-state index is 13.4. The van der Waals surface area contributed by atoms with E-state index in [4.69, 9.17) is 0 Å². The number of allylic oxidation sites excluding steroid dienone is 1. The first-order valence-corrected chi connectivity index (χ1v) is 5.40. The fraction of sp³-hybridized carbons (Fsp3) is 0.333. The van der Waals surface area contributed by atoms with Crippen LogP contribution >= 0.6 is 11.8 Å². The highest BCUT2D eigenvalue weighted by atomic mass is 32.2. The molecule has 76 valence electrons. The number of hydrogen-bond acceptors (Lipinski definition) is 1. The summed E-state index contributed by atoms with van der Waals surface area (Å²) in [4.78, 5) is 0.936. The Labute approximate surface area is 89.2 Å². The van der Waals surface area contributed by atoms with Gasteiger partial charge in [0.15, 0.2) is 5.16 Å². The summed E-state index contributed by atoms with van der Waals surface area (Å²) < 4.78 is 13.4. The molecule has 0 aliphatic carbocycles. The Morgan fingerprint density at radius 1 is 1.21 bits per heavy atom. The molecule has 0 unspecified atom stereocenters. The van der Waals surface area contributed by atoms with E-state index in [1.165, 1.54) is 0 Å². The van der Waals surface area contributed by atoms with Crippen LogP contribution in [-0.4, -0.2) is 0 Å². The fourth-order valence-electron chi connectivity index (χ4n) is 0.971. The summed E-state index contributed by atoms with van der Waals surface area (Å²) in [5.74, 6) is 0. The molecule has 0 N–H and O–H groups in total. The van der Waals surface area contributed by atoms with E-state index in [0.717, 1.165) is 16.7 Å². The summed E-state index contributed by atoms with van der Waals surface area (Å²) in [6, 6.07) is 9.55. The van der Waals surface area contributed by atoms with Gasteiger partial charge >= 0.3 is 0 Å². The zero-order valence-corrected chi connectivity index (χ0v) is 9.57. The molecule has 0 nitrogen and oxygen atoms in total. The van der Waals surface area contributed by atoms with Crippen molar-refractivity contribution in [3.05, 3.63) is 41.6 Å². The second kappa shape index (κ2) is 4.65. The number of hydrogen-bond donors (Lipinski definition) is 0. The topological polar surface area (TPSA) is 0 Å². The summed E-state index contributed by atoms with van der Waals surface area (Å²) in [6.07, 6.45) is 1.64. The van der Waals surface area contributed by atoms with Crippen molar-refractivity contribution >= 4 is 11.8 Å². The molecular formula is C12H15FS. The van der Waals surface area contributed by atoms with Crippen LogP contribution < -0.4 is 0 Å². The van der Waals surface area contributed by atoms with Gasteiger partial charge in [0.05, 0.1) is 0 Å². The molecule has 0 atom stereocenters. The third kappa shape index (κ3) is 4.47. The van der Waals surface area contributed by atoms with Gasteiger partial charge in [0.25, 0.3) is 0 Å². The van der Waals surface area contributed by atoms with Gasteiger partial charge in [-0.1, -0.05) is 50.7 Å². The molecule has 0 bridgehead atoms. The fourth-order valence-corrected chi connectivity index (χ4v) is 1.90. The molecule has 0 aliphatic rings. The third-order valence-electron chi connectivity index (χ3n) is 1.51. The SMILES string of the molecule is CC(C)(C)/C=C(/F)Sc1ccccc1. The summed E-state index contributed by atoms with van der Waals surface area (Å²) in [5.41, 5.74) is -0.105. The van der Waals surface area contributed by atoms with Crippen LogP contribution in [0.3, 0.4) is 0 Å². The lowest BCUT2D eigenvalue weighted by Crippen LogP contribution is -1.99.